The van der Waals surface area contributed by atoms with Gasteiger partial charge in [-0.1, -0.05) is 6.92 Å². The first kappa shape index (κ1) is 10.4. The Bertz CT molecular complexity index is 132. The summed E-state index contributed by atoms with van der Waals surface area (Å²) >= 11 is 0. The van der Waals surface area contributed by atoms with Crippen LogP contribution in [0.5, 0.6) is 0 Å². The lowest BCUT2D eigenvalue weighted by atomic mass is 9.82. The van der Waals surface area contributed by atoms with Gasteiger partial charge in [0.05, 0.1) is 5.41 Å². The molecule has 0 aliphatic carbocycles. The zero-order valence-corrected chi connectivity index (χ0v) is 6.71. The summed E-state index contributed by atoms with van der Waals surface area (Å²) in [6.45, 7) is 1.72. The molecule has 0 aliphatic heterocycles. The minimum atomic E-state index is -0.922. The van der Waals surface area contributed by atoms with Gasteiger partial charge >= 0.3 is 5.97 Å². The number of carbonyl (C=O) groups is 1. The van der Waals surface area contributed by atoms with Gasteiger partial charge in [-0.25, -0.2) is 0 Å². The first-order valence-corrected chi connectivity index (χ1v) is 3.67. The third kappa shape index (κ3) is 2.17. The number of rotatable bonds is 5. The second kappa shape index (κ2) is 4.31. The highest BCUT2D eigenvalue weighted by Gasteiger charge is 2.34. The quantitative estimate of drug-likeness (QED) is 0.521. The number of carboxylic acid groups (broad SMARTS) is 1. The summed E-state index contributed by atoms with van der Waals surface area (Å²) in [4.78, 5) is 10.7. The molecular formula is C7H15NO3. The lowest BCUT2D eigenvalue weighted by Gasteiger charge is -2.24. The van der Waals surface area contributed by atoms with Gasteiger partial charge in [-0.05, 0) is 12.8 Å². The van der Waals surface area contributed by atoms with Crippen molar-refractivity contribution in [3.05, 3.63) is 0 Å². The number of aliphatic hydroxyl groups is 1. The lowest BCUT2D eigenvalue weighted by Crippen LogP contribution is -2.38. The van der Waals surface area contributed by atoms with Gasteiger partial charge in [0.25, 0.3) is 0 Å². The van der Waals surface area contributed by atoms with E-state index in [0.717, 1.165) is 0 Å². The Morgan fingerprint density at radius 3 is 2.27 bits per heavy atom. The zero-order chi connectivity index (χ0) is 8.91. The van der Waals surface area contributed by atoms with Crippen LogP contribution in [0, 0.1) is 5.41 Å². The minimum Gasteiger partial charge on any atom is -0.481 e. The average Bonchev–Trinajstić information content (AvgIpc) is 2.00. The fourth-order valence-corrected chi connectivity index (χ4v) is 0.983. The Balaban J connectivity index is 4.32. The smallest absolute Gasteiger partial charge is 0.310 e. The van der Waals surface area contributed by atoms with Crippen LogP contribution in [-0.2, 0) is 4.79 Å². The molecule has 0 rings (SSSR count). The molecule has 66 valence electrons. The molecule has 11 heavy (non-hydrogen) atoms. The third-order valence-corrected chi connectivity index (χ3v) is 2.11. The normalized spacial score (nSPS) is 15.9. The van der Waals surface area contributed by atoms with Gasteiger partial charge in [-0.15, -0.1) is 0 Å². The van der Waals surface area contributed by atoms with E-state index in [1.165, 1.54) is 0 Å². The topological polar surface area (TPSA) is 83.5 Å². The molecule has 0 fully saturated rings. The number of hydrogen-bond acceptors (Lipinski definition) is 3. The Morgan fingerprint density at radius 2 is 2.18 bits per heavy atom. The molecule has 0 saturated heterocycles. The van der Waals surface area contributed by atoms with Crippen molar-refractivity contribution >= 4 is 5.97 Å². The van der Waals surface area contributed by atoms with Gasteiger partial charge < -0.3 is 15.9 Å². The van der Waals surface area contributed by atoms with Crippen molar-refractivity contribution in [3.63, 3.8) is 0 Å². The molecule has 1 unspecified atom stereocenters. The molecule has 0 aromatic heterocycles. The minimum absolute atomic E-state index is 0.0827. The van der Waals surface area contributed by atoms with E-state index in [1.807, 2.05) is 0 Å². The van der Waals surface area contributed by atoms with Crippen molar-refractivity contribution in [1.82, 2.24) is 0 Å². The fraction of sp³-hybridized carbons (Fsp3) is 0.857. The van der Waals surface area contributed by atoms with E-state index >= 15 is 0 Å². The molecule has 4 heteroatoms. The average molecular weight is 161 g/mol. The number of aliphatic hydroxyl groups excluding tert-OH is 1. The predicted molar refractivity (Wildman–Crippen MR) is 41.1 cm³/mol. The van der Waals surface area contributed by atoms with Crippen LogP contribution in [0.4, 0.5) is 0 Å². The van der Waals surface area contributed by atoms with Crippen LogP contribution in [0.3, 0.4) is 0 Å². The van der Waals surface area contributed by atoms with Crippen molar-refractivity contribution in [2.45, 2.75) is 19.8 Å². The SMILES string of the molecule is CCC(CN)(CCO)C(=O)O. The second-order valence-corrected chi connectivity index (χ2v) is 2.62. The molecular weight excluding hydrogens is 146 g/mol. The van der Waals surface area contributed by atoms with Gasteiger partial charge in [0.1, 0.15) is 0 Å². The fourth-order valence-electron chi connectivity index (χ4n) is 0.983. The van der Waals surface area contributed by atoms with Crippen molar-refractivity contribution < 1.29 is 15.0 Å². The van der Waals surface area contributed by atoms with E-state index < -0.39 is 11.4 Å². The lowest BCUT2D eigenvalue weighted by molar-refractivity contribution is -0.149. The van der Waals surface area contributed by atoms with Gasteiger partial charge in [0, 0.05) is 13.2 Å². The van der Waals surface area contributed by atoms with Gasteiger partial charge in [-0.2, -0.15) is 0 Å². The molecule has 0 aliphatic rings. The first-order chi connectivity index (χ1) is 5.13. The molecule has 0 bridgehead atoms. The summed E-state index contributed by atoms with van der Waals surface area (Å²) in [5.41, 5.74) is 4.39. The van der Waals surface area contributed by atoms with Crippen LogP contribution in [-0.4, -0.2) is 29.3 Å². The van der Waals surface area contributed by atoms with E-state index in [-0.39, 0.29) is 19.6 Å². The molecule has 0 saturated carbocycles. The maximum atomic E-state index is 10.7. The van der Waals surface area contributed by atoms with Crippen LogP contribution in [0.1, 0.15) is 19.8 Å². The van der Waals surface area contributed by atoms with Crippen LogP contribution in [0.2, 0.25) is 0 Å². The molecule has 4 N–H and O–H groups in total. The van der Waals surface area contributed by atoms with Crippen LogP contribution in [0.15, 0.2) is 0 Å². The number of nitrogens with two attached hydrogens (primary N) is 1. The van der Waals surface area contributed by atoms with E-state index in [1.54, 1.807) is 6.92 Å². The molecule has 0 spiro atoms. The van der Waals surface area contributed by atoms with E-state index in [2.05, 4.69) is 0 Å². The van der Waals surface area contributed by atoms with Gasteiger partial charge in [0.2, 0.25) is 0 Å². The molecule has 4 nitrogen and oxygen atoms in total. The van der Waals surface area contributed by atoms with Gasteiger partial charge in [0.15, 0.2) is 0 Å². The largest absolute Gasteiger partial charge is 0.481 e. The van der Waals surface area contributed by atoms with Crippen LogP contribution < -0.4 is 5.73 Å². The number of hydrogen-bond donors (Lipinski definition) is 3. The molecule has 1 atom stereocenters. The molecule has 0 heterocycles. The Labute approximate surface area is 66.0 Å². The summed E-state index contributed by atoms with van der Waals surface area (Å²) in [5.74, 6) is -0.920. The molecule has 0 amide bonds. The molecule has 0 aromatic carbocycles. The first-order valence-electron chi connectivity index (χ1n) is 3.67. The van der Waals surface area contributed by atoms with Crippen molar-refractivity contribution in [2.75, 3.05) is 13.2 Å². The Morgan fingerprint density at radius 1 is 1.64 bits per heavy atom. The van der Waals surface area contributed by atoms with E-state index in [4.69, 9.17) is 15.9 Å². The van der Waals surface area contributed by atoms with Crippen LogP contribution in [0.25, 0.3) is 0 Å². The summed E-state index contributed by atoms with van der Waals surface area (Å²) in [6.07, 6.45) is 0.689. The van der Waals surface area contributed by atoms with Crippen molar-refractivity contribution in [2.24, 2.45) is 11.1 Å². The van der Waals surface area contributed by atoms with Crippen LogP contribution >= 0.6 is 0 Å². The summed E-state index contributed by atoms with van der Waals surface area (Å²) in [5, 5.41) is 17.4. The molecule has 0 radical (unpaired) electrons. The van der Waals surface area contributed by atoms with E-state index in [0.29, 0.717) is 6.42 Å². The number of carboxylic acids is 1. The zero-order valence-electron chi connectivity index (χ0n) is 6.71. The Kier molecular flexibility index (Phi) is 4.07. The maximum absolute atomic E-state index is 10.7. The van der Waals surface area contributed by atoms with Crippen molar-refractivity contribution in [1.29, 1.82) is 0 Å². The van der Waals surface area contributed by atoms with E-state index in [9.17, 15) is 4.79 Å². The predicted octanol–water partition coefficient (Wildman–Crippen LogP) is -0.192. The summed E-state index contributed by atoms with van der Waals surface area (Å²) in [6, 6.07) is 0. The van der Waals surface area contributed by atoms with Gasteiger partial charge in [-0.3, -0.25) is 4.79 Å². The Hall–Kier alpha value is -0.610. The monoisotopic (exact) mass is 161 g/mol. The standard InChI is InChI=1S/C7H15NO3/c1-2-7(5-8,3-4-9)6(10)11/h9H,2-5,8H2,1H3,(H,10,11). The highest BCUT2D eigenvalue weighted by Crippen LogP contribution is 2.24. The summed E-state index contributed by atoms with van der Waals surface area (Å²) < 4.78 is 0. The molecule has 0 aromatic rings. The van der Waals surface area contributed by atoms with Crippen molar-refractivity contribution in [3.8, 4) is 0 Å². The maximum Gasteiger partial charge on any atom is 0.310 e. The summed E-state index contributed by atoms with van der Waals surface area (Å²) in [7, 11) is 0. The highest BCUT2D eigenvalue weighted by atomic mass is 16.4. The second-order valence-electron chi connectivity index (χ2n) is 2.62. The highest BCUT2D eigenvalue weighted by molar-refractivity contribution is 5.74. The third-order valence-electron chi connectivity index (χ3n) is 2.11. The number of aliphatic carboxylic acids is 1.